The average molecular weight is 235 g/mol. The molecule has 2 nitrogen and oxygen atoms in total. The lowest BCUT2D eigenvalue weighted by Crippen LogP contribution is -1.87. The van der Waals surface area contributed by atoms with Crippen molar-refractivity contribution in [1.29, 1.82) is 0 Å². The highest BCUT2D eigenvalue weighted by atomic mass is 19.1. The molecule has 0 aliphatic heterocycles. The Morgan fingerprint density at radius 1 is 1.35 bits per heavy atom. The molecule has 0 atom stereocenters. The second-order valence-electron chi connectivity index (χ2n) is 3.95. The van der Waals surface area contributed by atoms with Crippen molar-refractivity contribution in [3.8, 4) is 0 Å². The lowest BCUT2D eigenvalue weighted by molar-refractivity contribution is -0.106. The Bertz CT molecular complexity index is 528. The third-order valence-electron chi connectivity index (χ3n) is 2.86. The number of carbonyl (C=O) groups excluding carboxylic acids is 1. The van der Waals surface area contributed by atoms with Crippen LogP contribution in [0.2, 0.25) is 0 Å². The molecule has 0 saturated heterocycles. The van der Waals surface area contributed by atoms with Crippen LogP contribution in [0.4, 0.5) is 4.39 Å². The predicted molar refractivity (Wildman–Crippen MR) is 68.8 cm³/mol. The second-order valence-corrected chi connectivity index (χ2v) is 3.95. The van der Waals surface area contributed by atoms with Gasteiger partial charge < -0.3 is 9.78 Å². The highest BCUT2D eigenvalue weighted by Crippen LogP contribution is 2.24. The van der Waals surface area contributed by atoms with Gasteiger partial charge in [-0.05, 0) is 50.5 Å². The number of aryl methyl sites for hydroxylation is 3. The molecule has 0 bridgehead atoms. The zero-order valence-electron chi connectivity index (χ0n) is 10.7. The average Bonchev–Trinajstić information content (AvgIpc) is 2.54. The van der Waals surface area contributed by atoms with Gasteiger partial charge in [0.05, 0.1) is 0 Å². The molecule has 0 aliphatic rings. The fraction of sp³-hybridized carbons (Fsp3) is 0.357. The molecule has 0 fully saturated rings. The fourth-order valence-electron chi connectivity index (χ4n) is 1.80. The van der Waals surface area contributed by atoms with Gasteiger partial charge in [0.15, 0.2) is 0 Å². The lowest BCUT2D eigenvalue weighted by atomic mass is 10.1. The first-order valence-corrected chi connectivity index (χ1v) is 5.72. The van der Waals surface area contributed by atoms with E-state index in [2.05, 4.69) is 11.9 Å². The van der Waals surface area contributed by atoms with Crippen LogP contribution in [-0.4, -0.2) is 11.3 Å². The number of nitrogens with one attached hydrogen (secondary N) is 1. The highest BCUT2D eigenvalue weighted by molar-refractivity contribution is 5.85. The molecule has 0 aliphatic carbocycles. The van der Waals surface area contributed by atoms with Crippen molar-refractivity contribution in [1.82, 2.24) is 4.98 Å². The van der Waals surface area contributed by atoms with Gasteiger partial charge in [-0.15, -0.1) is 0 Å². The van der Waals surface area contributed by atoms with E-state index < -0.39 is 0 Å². The SMILES string of the molecule is CC=O.CCc1cc2c(C)c(C)[nH]c2cc1F. The van der Waals surface area contributed by atoms with Gasteiger partial charge in [-0.25, -0.2) is 4.39 Å². The molecule has 0 saturated carbocycles. The van der Waals surface area contributed by atoms with Gasteiger partial charge in [-0.1, -0.05) is 6.92 Å². The molecule has 0 radical (unpaired) electrons. The van der Waals surface area contributed by atoms with Crippen molar-refractivity contribution < 1.29 is 9.18 Å². The minimum Gasteiger partial charge on any atom is -0.358 e. The molecule has 0 amide bonds. The quantitative estimate of drug-likeness (QED) is 0.751. The summed E-state index contributed by atoms with van der Waals surface area (Å²) in [5.41, 5.74) is 4.02. The van der Waals surface area contributed by atoms with Crippen LogP contribution in [0.15, 0.2) is 12.1 Å². The minimum atomic E-state index is -0.110. The first-order valence-electron chi connectivity index (χ1n) is 5.72. The number of carbonyl (C=O) groups is 1. The van der Waals surface area contributed by atoms with Crippen LogP contribution in [0, 0.1) is 19.7 Å². The number of aldehydes is 1. The summed E-state index contributed by atoms with van der Waals surface area (Å²) in [7, 11) is 0. The van der Waals surface area contributed by atoms with Gasteiger partial charge >= 0.3 is 0 Å². The molecule has 2 aromatic rings. The number of aromatic amines is 1. The van der Waals surface area contributed by atoms with Gasteiger partial charge in [0.1, 0.15) is 12.1 Å². The van der Waals surface area contributed by atoms with Crippen LogP contribution < -0.4 is 0 Å². The van der Waals surface area contributed by atoms with Crippen LogP contribution in [0.25, 0.3) is 10.9 Å². The molecule has 1 aromatic carbocycles. The summed E-state index contributed by atoms with van der Waals surface area (Å²) >= 11 is 0. The third kappa shape index (κ3) is 2.73. The summed E-state index contributed by atoms with van der Waals surface area (Å²) in [6, 6.07) is 3.54. The Balaban J connectivity index is 0.000000437. The normalized spacial score (nSPS) is 9.94. The molecule has 1 N–H and O–H groups in total. The zero-order chi connectivity index (χ0) is 13.0. The Morgan fingerprint density at radius 3 is 2.47 bits per heavy atom. The van der Waals surface area contributed by atoms with Crippen molar-refractivity contribution in [3.05, 3.63) is 34.8 Å². The Hall–Kier alpha value is -1.64. The minimum absolute atomic E-state index is 0.110. The van der Waals surface area contributed by atoms with Gasteiger partial charge in [0.25, 0.3) is 0 Å². The van der Waals surface area contributed by atoms with Crippen molar-refractivity contribution in [2.75, 3.05) is 0 Å². The van der Waals surface area contributed by atoms with Gasteiger partial charge in [-0.3, -0.25) is 0 Å². The third-order valence-corrected chi connectivity index (χ3v) is 2.86. The lowest BCUT2D eigenvalue weighted by Gasteiger charge is -2.00. The van der Waals surface area contributed by atoms with Gasteiger partial charge in [0, 0.05) is 16.6 Å². The van der Waals surface area contributed by atoms with Crippen LogP contribution in [0.1, 0.15) is 30.7 Å². The topological polar surface area (TPSA) is 32.9 Å². The number of aromatic nitrogens is 1. The van der Waals surface area contributed by atoms with Crippen molar-refractivity contribution in [2.45, 2.75) is 34.1 Å². The predicted octanol–water partition coefficient (Wildman–Crippen LogP) is 3.69. The zero-order valence-corrected chi connectivity index (χ0v) is 10.7. The number of halogens is 1. The Morgan fingerprint density at radius 2 is 1.94 bits per heavy atom. The van der Waals surface area contributed by atoms with E-state index in [4.69, 9.17) is 4.79 Å². The van der Waals surface area contributed by atoms with Crippen LogP contribution in [0.3, 0.4) is 0 Å². The second kappa shape index (κ2) is 5.62. The van der Waals surface area contributed by atoms with E-state index in [1.165, 1.54) is 12.5 Å². The van der Waals surface area contributed by atoms with Crippen LogP contribution in [-0.2, 0) is 11.2 Å². The number of fused-ring (bicyclic) bond motifs is 1. The molecule has 17 heavy (non-hydrogen) atoms. The summed E-state index contributed by atoms with van der Waals surface area (Å²) in [5, 5.41) is 1.14. The summed E-state index contributed by atoms with van der Waals surface area (Å²) in [6.45, 7) is 7.49. The van der Waals surface area contributed by atoms with E-state index in [1.54, 1.807) is 6.07 Å². The summed E-state index contributed by atoms with van der Waals surface area (Å²) < 4.78 is 13.4. The Labute approximate surface area is 101 Å². The molecule has 1 aromatic heterocycles. The summed E-state index contributed by atoms with van der Waals surface area (Å²) in [4.78, 5) is 12.0. The van der Waals surface area contributed by atoms with E-state index in [0.29, 0.717) is 0 Å². The summed E-state index contributed by atoms with van der Waals surface area (Å²) in [5.74, 6) is -0.110. The molecular weight excluding hydrogens is 217 g/mol. The molecule has 92 valence electrons. The van der Waals surface area contributed by atoms with Crippen molar-refractivity contribution in [2.24, 2.45) is 0 Å². The fourth-order valence-corrected chi connectivity index (χ4v) is 1.80. The maximum Gasteiger partial charge on any atom is 0.128 e. The van der Waals surface area contributed by atoms with Gasteiger partial charge in [-0.2, -0.15) is 0 Å². The van der Waals surface area contributed by atoms with E-state index in [0.717, 1.165) is 34.9 Å². The first-order chi connectivity index (χ1) is 8.04. The summed E-state index contributed by atoms with van der Waals surface area (Å²) in [6.07, 6.45) is 1.49. The van der Waals surface area contributed by atoms with Gasteiger partial charge in [0.2, 0.25) is 0 Å². The van der Waals surface area contributed by atoms with E-state index in [1.807, 2.05) is 19.9 Å². The number of hydrogen-bond acceptors (Lipinski definition) is 1. The number of hydrogen-bond donors (Lipinski definition) is 1. The van der Waals surface area contributed by atoms with Crippen molar-refractivity contribution in [3.63, 3.8) is 0 Å². The number of rotatable bonds is 1. The number of benzene rings is 1. The van der Waals surface area contributed by atoms with Crippen molar-refractivity contribution >= 4 is 17.2 Å². The molecule has 0 spiro atoms. The Kier molecular flexibility index (Phi) is 4.44. The number of H-pyrrole nitrogens is 1. The molecule has 0 unspecified atom stereocenters. The first kappa shape index (κ1) is 13.4. The maximum absolute atomic E-state index is 13.4. The van der Waals surface area contributed by atoms with Crippen LogP contribution in [0.5, 0.6) is 0 Å². The van der Waals surface area contributed by atoms with E-state index in [-0.39, 0.29) is 5.82 Å². The maximum atomic E-state index is 13.4. The van der Waals surface area contributed by atoms with Crippen LogP contribution >= 0.6 is 0 Å². The largest absolute Gasteiger partial charge is 0.358 e. The highest BCUT2D eigenvalue weighted by Gasteiger charge is 2.08. The molecule has 3 heteroatoms. The molecular formula is C14H18FNO. The molecule has 1 heterocycles. The standard InChI is InChI=1S/C12H14FN.C2H4O/c1-4-9-5-10-7(2)8(3)14-12(10)6-11(9)13;1-2-3/h5-6,14H,4H2,1-3H3;2H,1H3. The van der Waals surface area contributed by atoms with E-state index >= 15 is 0 Å². The molecule has 2 rings (SSSR count). The smallest absolute Gasteiger partial charge is 0.128 e. The van der Waals surface area contributed by atoms with E-state index in [9.17, 15) is 4.39 Å². The monoisotopic (exact) mass is 235 g/mol.